The molecule has 0 aromatic heterocycles. The summed E-state index contributed by atoms with van der Waals surface area (Å²) in [7, 11) is 1.68. The molecule has 2 aromatic rings. The molecule has 0 N–H and O–H groups in total. The van der Waals surface area contributed by atoms with Gasteiger partial charge in [0.05, 0.1) is 5.92 Å². The van der Waals surface area contributed by atoms with Gasteiger partial charge >= 0.3 is 0 Å². The number of ether oxygens (including phenoxy) is 1. The van der Waals surface area contributed by atoms with Crippen molar-refractivity contribution >= 4 is 23.2 Å². The lowest BCUT2D eigenvalue weighted by atomic mass is 9.84. The van der Waals surface area contributed by atoms with Gasteiger partial charge in [-0.3, -0.25) is 0 Å². The fourth-order valence-electron chi connectivity index (χ4n) is 3.53. The van der Waals surface area contributed by atoms with Crippen molar-refractivity contribution in [3.8, 4) is 11.1 Å². The third-order valence-corrected chi connectivity index (χ3v) is 5.39. The zero-order valence-corrected chi connectivity index (χ0v) is 11.9. The van der Waals surface area contributed by atoms with E-state index in [0.29, 0.717) is 0 Å². The van der Waals surface area contributed by atoms with Gasteiger partial charge in [0.15, 0.2) is 4.33 Å². The molecular formula is C16H12Cl2O. The predicted octanol–water partition coefficient (Wildman–Crippen LogP) is 4.48. The van der Waals surface area contributed by atoms with Gasteiger partial charge in [0.25, 0.3) is 0 Å². The average molecular weight is 291 g/mol. The van der Waals surface area contributed by atoms with Crippen LogP contribution in [0.1, 0.15) is 17.0 Å². The van der Waals surface area contributed by atoms with Gasteiger partial charge in [-0.15, -0.1) is 0 Å². The highest BCUT2D eigenvalue weighted by molar-refractivity contribution is 6.53. The van der Waals surface area contributed by atoms with Gasteiger partial charge in [-0.25, -0.2) is 0 Å². The summed E-state index contributed by atoms with van der Waals surface area (Å²) in [6.07, 6.45) is 0. The van der Waals surface area contributed by atoms with Crippen LogP contribution in [0.4, 0.5) is 0 Å². The Bertz CT molecular complexity index is 680. The molecule has 0 bridgehead atoms. The smallest absolute Gasteiger partial charge is 0.161 e. The molecule has 19 heavy (non-hydrogen) atoms. The Morgan fingerprint density at radius 1 is 0.947 bits per heavy atom. The fraction of sp³-hybridized carbons (Fsp3) is 0.250. The molecule has 3 heteroatoms. The second-order valence-corrected chi connectivity index (χ2v) is 6.51. The Morgan fingerprint density at radius 2 is 1.58 bits per heavy atom. The van der Waals surface area contributed by atoms with Crippen molar-refractivity contribution in [1.29, 1.82) is 0 Å². The van der Waals surface area contributed by atoms with E-state index in [1.807, 2.05) is 24.3 Å². The molecular weight excluding hydrogens is 279 g/mol. The lowest BCUT2D eigenvalue weighted by molar-refractivity contribution is 0.0701. The highest BCUT2D eigenvalue weighted by atomic mass is 35.5. The zero-order chi connectivity index (χ0) is 13.3. The number of benzene rings is 2. The van der Waals surface area contributed by atoms with E-state index in [1.54, 1.807) is 7.11 Å². The predicted molar refractivity (Wildman–Crippen MR) is 77.7 cm³/mol. The van der Waals surface area contributed by atoms with E-state index in [2.05, 4.69) is 24.3 Å². The van der Waals surface area contributed by atoms with Crippen LogP contribution in [0.25, 0.3) is 11.1 Å². The maximum Gasteiger partial charge on any atom is 0.161 e. The lowest BCUT2D eigenvalue weighted by Gasteiger charge is -2.26. The lowest BCUT2D eigenvalue weighted by Crippen LogP contribution is -2.21. The second-order valence-electron chi connectivity index (χ2n) is 5.13. The van der Waals surface area contributed by atoms with Gasteiger partial charge in [-0.2, -0.15) is 0 Å². The Hall–Kier alpha value is -1.02. The van der Waals surface area contributed by atoms with Crippen LogP contribution in [-0.4, -0.2) is 11.4 Å². The zero-order valence-electron chi connectivity index (χ0n) is 10.4. The van der Waals surface area contributed by atoms with Crippen molar-refractivity contribution in [2.45, 2.75) is 15.9 Å². The molecule has 2 aromatic carbocycles. The normalized spacial score (nSPS) is 29.1. The number of methoxy groups -OCH3 is 1. The van der Waals surface area contributed by atoms with Crippen LogP contribution in [0, 0.1) is 0 Å². The van der Waals surface area contributed by atoms with Gasteiger partial charge in [-0.1, -0.05) is 71.7 Å². The van der Waals surface area contributed by atoms with E-state index < -0.39 is 9.93 Å². The molecule has 0 saturated heterocycles. The van der Waals surface area contributed by atoms with Gasteiger partial charge in [-0.05, 0) is 22.3 Å². The van der Waals surface area contributed by atoms with E-state index in [4.69, 9.17) is 27.9 Å². The van der Waals surface area contributed by atoms with Gasteiger partial charge in [0.2, 0.25) is 0 Å². The summed E-state index contributed by atoms with van der Waals surface area (Å²) in [6.45, 7) is 0. The summed E-state index contributed by atoms with van der Waals surface area (Å²) in [5.41, 5.74) is 4.03. The number of hydrogen-bond donors (Lipinski definition) is 0. The van der Waals surface area contributed by atoms with Crippen molar-refractivity contribution < 1.29 is 4.74 Å². The summed E-state index contributed by atoms with van der Waals surface area (Å²) < 4.78 is 4.89. The number of hydrogen-bond acceptors (Lipinski definition) is 1. The minimum absolute atomic E-state index is 0.000525. The Kier molecular flexibility index (Phi) is 2.20. The standard InChI is InChI=1S/C16H12Cl2O/c1-19-15-13-9-5-4-7-11(13)10-6-2-3-8-12(10)14(15)16(15,17)18/h2-9,14H,1H3. The molecule has 1 nitrogen and oxygen atoms in total. The maximum atomic E-state index is 6.57. The summed E-state index contributed by atoms with van der Waals surface area (Å²) >= 11 is 13.1. The molecule has 0 spiro atoms. The van der Waals surface area contributed by atoms with Crippen molar-refractivity contribution in [3.05, 3.63) is 59.7 Å². The van der Waals surface area contributed by atoms with Crippen LogP contribution in [0.5, 0.6) is 0 Å². The minimum atomic E-state index is -0.898. The molecule has 2 aliphatic rings. The Morgan fingerprint density at radius 3 is 2.32 bits per heavy atom. The van der Waals surface area contributed by atoms with Crippen molar-refractivity contribution in [2.75, 3.05) is 7.11 Å². The molecule has 2 aliphatic carbocycles. The highest BCUT2D eigenvalue weighted by Gasteiger charge is 2.80. The van der Waals surface area contributed by atoms with Crippen LogP contribution in [0.2, 0.25) is 0 Å². The Balaban J connectivity index is 2.11. The summed E-state index contributed by atoms with van der Waals surface area (Å²) in [4.78, 5) is 0. The van der Waals surface area contributed by atoms with Gasteiger partial charge in [0.1, 0.15) is 5.60 Å². The average Bonchev–Trinajstić information content (AvgIpc) is 2.97. The quantitative estimate of drug-likeness (QED) is 0.704. The van der Waals surface area contributed by atoms with Crippen molar-refractivity contribution in [3.63, 3.8) is 0 Å². The van der Waals surface area contributed by atoms with Gasteiger partial charge in [0, 0.05) is 7.11 Å². The van der Waals surface area contributed by atoms with E-state index in [9.17, 15) is 0 Å². The van der Waals surface area contributed by atoms with Crippen LogP contribution in [0.3, 0.4) is 0 Å². The first-order valence-electron chi connectivity index (χ1n) is 6.26. The molecule has 4 rings (SSSR count). The first-order chi connectivity index (χ1) is 9.14. The van der Waals surface area contributed by atoms with Crippen LogP contribution >= 0.6 is 23.2 Å². The largest absolute Gasteiger partial charge is 0.370 e. The van der Waals surface area contributed by atoms with Gasteiger partial charge < -0.3 is 4.74 Å². The summed E-state index contributed by atoms with van der Waals surface area (Å²) in [5, 5.41) is 0. The summed E-state index contributed by atoms with van der Waals surface area (Å²) in [6, 6.07) is 16.5. The van der Waals surface area contributed by atoms with Crippen molar-refractivity contribution in [1.82, 2.24) is 0 Å². The molecule has 1 saturated carbocycles. The number of alkyl halides is 2. The first-order valence-corrected chi connectivity index (χ1v) is 7.02. The molecule has 0 amide bonds. The SMILES string of the molecule is COC12c3ccccc3-c3ccccc3C1C2(Cl)Cl. The number of rotatable bonds is 1. The third-order valence-electron chi connectivity index (χ3n) is 4.39. The van der Waals surface area contributed by atoms with Crippen molar-refractivity contribution in [2.24, 2.45) is 0 Å². The highest BCUT2D eigenvalue weighted by Crippen LogP contribution is 2.78. The van der Waals surface area contributed by atoms with Crippen LogP contribution in [0.15, 0.2) is 48.5 Å². The molecule has 1 fully saturated rings. The topological polar surface area (TPSA) is 9.23 Å². The fourth-order valence-corrected chi connectivity index (χ4v) is 4.54. The molecule has 96 valence electrons. The summed E-state index contributed by atoms with van der Waals surface area (Å²) in [5.74, 6) is -0.000525. The van der Waals surface area contributed by atoms with E-state index in [-0.39, 0.29) is 5.92 Å². The number of fused-ring (bicyclic) bond motifs is 6. The van der Waals surface area contributed by atoms with E-state index in [0.717, 1.165) is 5.56 Å². The van der Waals surface area contributed by atoms with E-state index >= 15 is 0 Å². The third kappa shape index (κ3) is 1.17. The van der Waals surface area contributed by atoms with Crippen LogP contribution < -0.4 is 0 Å². The maximum absolute atomic E-state index is 6.57. The molecule has 2 atom stereocenters. The number of halogens is 2. The first kappa shape index (κ1) is 11.8. The molecule has 0 radical (unpaired) electrons. The Labute approximate surface area is 122 Å². The molecule has 0 aliphatic heterocycles. The van der Waals surface area contributed by atoms with Crippen LogP contribution in [-0.2, 0) is 10.3 Å². The second kappa shape index (κ2) is 3.54. The molecule has 0 heterocycles. The monoisotopic (exact) mass is 290 g/mol. The molecule has 2 unspecified atom stereocenters. The van der Waals surface area contributed by atoms with E-state index in [1.165, 1.54) is 16.7 Å². The minimum Gasteiger partial charge on any atom is -0.370 e.